The van der Waals surface area contributed by atoms with Crippen LogP contribution < -0.4 is 0 Å². The maximum Gasteiger partial charge on any atom is 0.320 e. The van der Waals surface area contributed by atoms with Crippen LogP contribution in [0.4, 0.5) is 4.79 Å². The molecule has 0 radical (unpaired) electrons. The molecule has 6 heteroatoms. The van der Waals surface area contributed by atoms with E-state index < -0.39 is 17.5 Å². The molecule has 2 rings (SSSR count). The molecule has 114 valence electrons. The van der Waals surface area contributed by atoms with Crippen molar-refractivity contribution in [2.75, 3.05) is 26.2 Å². The molecule has 6 nitrogen and oxygen atoms in total. The number of carbonyl (C=O) groups is 2. The molecule has 0 aromatic carbocycles. The van der Waals surface area contributed by atoms with Gasteiger partial charge in [-0.05, 0) is 26.2 Å². The zero-order valence-corrected chi connectivity index (χ0v) is 12.2. The summed E-state index contributed by atoms with van der Waals surface area (Å²) in [6.07, 6.45) is 2.12. The Labute approximate surface area is 119 Å². The number of amides is 2. The predicted molar refractivity (Wildman–Crippen MR) is 73.3 cm³/mol. The third kappa shape index (κ3) is 3.23. The lowest BCUT2D eigenvalue weighted by molar-refractivity contribution is -0.144. The summed E-state index contributed by atoms with van der Waals surface area (Å²) < 4.78 is 0. The van der Waals surface area contributed by atoms with Gasteiger partial charge in [0.25, 0.3) is 0 Å². The first-order valence-electron chi connectivity index (χ1n) is 7.29. The van der Waals surface area contributed by atoms with Crippen molar-refractivity contribution in [3.05, 3.63) is 0 Å². The van der Waals surface area contributed by atoms with Crippen molar-refractivity contribution in [3.8, 4) is 0 Å². The quantitative estimate of drug-likeness (QED) is 0.792. The largest absolute Gasteiger partial charge is 0.481 e. The number of nitrogens with zero attached hydrogens (tertiary/aromatic N) is 2. The summed E-state index contributed by atoms with van der Waals surface area (Å²) in [5.74, 6) is -1.14. The topological polar surface area (TPSA) is 81.1 Å². The summed E-state index contributed by atoms with van der Waals surface area (Å²) in [4.78, 5) is 26.7. The van der Waals surface area contributed by atoms with Crippen LogP contribution in [0.15, 0.2) is 0 Å². The van der Waals surface area contributed by atoms with Crippen molar-refractivity contribution >= 4 is 12.0 Å². The first-order valence-corrected chi connectivity index (χ1v) is 7.29. The summed E-state index contributed by atoms with van der Waals surface area (Å²) in [5.41, 5.74) is -0.676. The van der Waals surface area contributed by atoms with Crippen LogP contribution >= 0.6 is 0 Å². The minimum atomic E-state index is -0.798. The Balaban J connectivity index is 1.83. The average Bonchev–Trinajstić information content (AvgIpc) is 2.47. The van der Waals surface area contributed by atoms with Crippen molar-refractivity contribution in [3.63, 3.8) is 0 Å². The van der Waals surface area contributed by atoms with E-state index in [0.717, 1.165) is 12.8 Å². The molecule has 2 unspecified atom stereocenters. The smallest absolute Gasteiger partial charge is 0.320 e. The molecule has 0 aromatic heterocycles. The second kappa shape index (κ2) is 5.60. The highest BCUT2D eigenvalue weighted by Crippen LogP contribution is 2.27. The molecule has 0 aliphatic carbocycles. The van der Waals surface area contributed by atoms with Crippen LogP contribution in [0, 0.1) is 11.8 Å². The van der Waals surface area contributed by atoms with Crippen LogP contribution in [0.25, 0.3) is 0 Å². The van der Waals surface area contributed by atoms with Gasteiger partial charge in [-0.1, -0.05) is 6.92 Å². The molecule has 0 spiro atoms. The Morgan fingerprint density at radius 1 is 1.20 bits per heavy atom. The normalized spacial score (nSPS) is 29.6. The average molecular weight is 284 g/mol. The van der Waals surface area contributed by atoms with E-state index in [9.17, 15) is 14.7 Å². The van der Waals surface area contributed by atoms with Gasteiger partial charge in [-0.15, -0.1) is 0 Å². The van der Waals surface area contributed by atoms with Crippen molar-refractivity contribution in [1.82, 2.24) is 9.80 Å². The molecule has 2 heterocycles. The number of carbonyl (C=O) groups excluding carboxylic acids is 1. The third-order valence-electron chi connectivity index (χ3n) is 4.61. The Hall–Kier alpha value is -1.30. The van der Waals surface area contributed by atoms with Gasteiger partial charge in [-0.3, -0.25) is 4.79 Å². The van der Waals surface area contributed by atoms with Gasteiger partial charge in [0, 0.05) is 32.1 Å². The lowest BCUT2D eigenvalue weighted by atomic mass is 9.87. The van der Waals surface area contributed by atoms with Crippen LogP contribution in [-0.4, -0.2) is 63.8 Å². The highest BCUT2D eigenvalue weighted by molar-refractivity contribution is 5.76. The van der Waals surface area contributed by atoms with Crippen molar-refractivity contribution in [1.29, 1.82) is 0 Å². The van der Waals surface area contributed by atoms with E-state index in [2.05, 4.69) is 0 Å². The number of carboxylic acids is 1. The zero-order valence-electron chi connectivity index (χ0n) is 12.2. The Morgan fingerprint density at radius 3 is 2.45 bits per heavy atom. The lowest BCUT2D eigenvalue weighted by Gasteiger charge is -2.43. The van der Waals surface area contributed by atoms with Gasteiger partial charge in [0.2, 0.25) is 0 Å². The van der Waals surface area contributed by atoms with E-state index in [-0.39, 0.29) is 11.9 Å². The second-order valence-corrected chi connectivity index (χ2v) is 6.41. The molecule has 2 amide bonds. The first-order chi connectivity index (χ1) is 9.30. The summed E-state index contributed by atoms with van der Waals surface area (Å²) in [7, 11) is 0. The summed E-state index contributed by atoms with van der Waals surface area (Å²) in [5, 5.41) is 19.0. The fraction of sp³-hybridized carbons (Fsp3) is 0.857. The number of hydrogen-bond donors (Lipinski definition) is 2. The molecule has 2 aliphatic rings. The van der Waals surface area contributed by atoms with Gasteiger partial charge in [-0.25, -0.2) is 4.79 Å². The van der Waals surface area contributed by atoms with E-state index in [1.807, 2.05) is 6.92 Å². The van der Waals surface area contributed by atoms with Gasteiger partial charge >= 0.3 is 12.0 Å². The first kappa shape index (κ1) is 15.1. The number of aliphatic hydroxyl groups is 1. The standard InChI is InChI=1S/C14H24N2O4/c1-10(12(17)18)11-8-16(9-11)13(19)15-6-3-4-14(2,20)5-7-15/h10-11,20H,3-9H2,1-2H3,(H,17,18). The van der Waals surface area contributed by atoms with Crippen LogP contribution in [0.2, 0.25) is 0 Å². The molecule has 2 N–H and O–H groups in total. The van der Waals surface area contributed by atoms with Crippen LogP contribution in [-0.2, 0) is 4.79 Å². The molecule has 2 fully saturated rings. The summed E-state index contributed by atoms with van der Waals surface area (Å²) in [6.45, 7) is 5.80. The number of rotatable bonds is 2. The van der Waals surface area contributed by atoms with Crippen molar-refractivity contribution in [2.24, 2.45) is 11.8 Å². The van der Waals surface area contributed by atoms with Crippen molar-refractivity contribution < 1.29 is 19.8 Å². The SMILES string of the molecule is CC(C(=O)O)C1CN(C(=O)N2CCCC(C)(O)CC2)C1. The van der Waals surface area contributed by atoms with E-state index in [0.29, 0.717) is 32.6 Å². The molecule has 0 aromatic rings. The molecular weight excluding hydrogens is 260 g/mol. The van der Waals surface area contributed by atoms with Crippen LogP contribution in [0.5, 0.6) is 0 Å². The van der Waals surface area contributed by atoms with Gasteiger partial charge in [0.15, 0.2) is 0 Å². The highest BCUT2D eigenvalue weighted by atomic mass is 16.4. The zero-order chi connectivity index (χ0) is 14.9. The van der Waals surface area contributed by atoms with Gasteiger partial charge in [0.05, 0.1) is 11.5 Å². The lowest BCUT2D eigenvalue weighted by Crippen LogP contribution is -2.57. The van der Waals surface area contributed by atoms with E-state index >= 15 is 0 Å². The number of likely N-dealkylation sites (tertiary alicyclic amines) is 2. The number of urea groups is 1. The fourth-order valence-electron chi connectivity index (χ4n) is 2.84. The predicted octanol–water partition coefficient (Wildman–Crippen LogP) is 0.996. The Kier molecular flexibility index (Phi) is 4.22. The molecule has 2 atom stereocenters. The van der Waals surface area contributed by atoms with Crippen LogP contribution in [0.1, 0.15) is 33.1 Å². The van der Waals surface area contributed by atoms with Crippen molar-refractivity contribution in [2.45, 2.75) is 38.7 Å². The molecule has 20 heavy (non-hydrogen) atoms. The number of hydrogen-bond acceptors (Lipinski definition) is 3. The Morgan fingerprint density at radius 2 is 1.85 bits per heavy atom. The van der Waals surface area contributed by atoms with Gasteiger partial charge in [0.1, 0.15) is 0 Å². The maximum absolute atomic E-state index is 12.3. The van der Waals surface area contributed by atoms with E-state index in [1.54, 1.807) is 16.7 Å². The minimum absolute atomic E-state index is 0.0171. The Bertz CT molecular complexity index is 391. The molecule has 0 bridgehead atoms. The molecule has 2 saturated heterocycles. The summed E-state index contributed by atoms with van der Waals surface area (Å²) in [6, 6.07) is -0.0171. The number of aliphatic carboxylic acids is 1. The maximum atomic E-state index is 12.3. The van der Waals surface area contributed by atoms with Crippen LogP contribution in [0.3, 0.4) is 0 Å². The van der Waals surface area contributed by atoms with E-state index in [4.69, 9.17) is 5.11 Å². The van der Waals surface area contributed by atoms with Gasteiger partial charge in [-0.2, -0.15) is 0 Å². The van der Waals surface area contributed by atoms with Gasteiger partial charge < -0.3 is 20.0 Å². The molecule has 2 aliphatic heterocycles. The fourth-order valence-corrected chi connectivity index (χ4v) is 2.84. The monoisotopic (exact) mass is 284 g/mol. The third-order valence-corrected chi connectivity index (χ3v) is 4.61. The molecule has 0 saturated carbocycles. The highest BCUT2D eigenvalue weighted by Gasteiger charge is 2.39. The summed E-state index contributed by atoms with van der Waals surface area (Å²) >= 11 is 0. The number of carboxylic acid groups (broad SMARTS) is 1. The molecular formula is C14H24N2O4. The second-order valence-electron chi connectivity index (χ2n) is 6.41. The van der Waals surface area contributed by atoms with E-state index in [1.165, 1.54) is 0 Å². The minimum Gasteiger partial charge on any atom is -0.481 e.